The van der Waals surface area contributed by atoms with Crippen LogP contribution in [0.2, 0.25) is 0 Å². The van der Waals surface area contributed by atoms with E-state index in [1.807, 2.05) is 12.1 Å². The fourth-order valence-corrected chi connectivity index (χ4v) is 4.20. The topological polar surface area (TPSA) is 99.4 Å². The van der Waals surface area contributed by atoms with Gasteiger partial charge in [-0.2, -0.15) is 0 Å². The van der Waals surface area contributed by atoms with E-state index in [0.717, 1.165) is 35.3 Å². The van der Waals surface area contributed by atoms with Crippen LogP contribution in [0.4, 0.5) is 0 Å². The molecular formula is C23H28O6. The zero-order valence-corrected chi connectivity index (χ0v) is 16.5. The number of rotatable bonds is 5. The lowest BCUT2D eigenvalue weighted by atomic mass is 9.88. The SMILES string of the molecule is CCc1ccc(Cc2cc([C@@H]3O[C@H](CO)[C@@H](O)[C@H](O)[C@H]3O)cc3c2OCC3)cc1. The minimum atomic E-state index is -1.39. The lowest BCUT2D eigenvalue weighted by molar-refractivity contribution is -0.231. The Morgan fingerprint density at radius 1 is 0.966 bits per heavy atom. The lowest BCUT2D eigenvalue weighted by Gasteiger charge is -2.40. The molecule has 6 nitrogen and oxygen atoms in total. The van der Waals surface area contributed by atoms with Crippen molar-refractivity contribution < 1.29 is 29.9 Å². The molecule has 2 aromatic carbocycles. The van der Waals surface area contributed by atoms with Crippen molar-refractivity contribution in [3.63, 3.8) is 0 Å². The van der Waals surface area contributed by atoms with Crippen molar-refractivity contribution in [2.75, 3.05) is 13.2 Å². The van der Waals surface area contributed by atoms with Gasteiger partial charge in [0.1, 0.15) is 36.3 Å². The smallest absolute Gasteiger partial charge is 0.126 e. The van der Waals surface area contributed by atoms with Crippen LogP contribution in [-0.4, -0.2) is 58.1 Å². The van der Waals surface area contributed by atoms with Gasteiger partial charge in [-0.1, -0.05) is 31.2 Å². The molecule has 0 saturated carbocycles. The van der Waals surface area contributed by atoms with Crippen molar-refractivity contribution in [3.05, 3.63) is 64.2 Å². The molecular weight excluding hydrogens is 372 g/mol. The number of aliphatic hydroxyl groups excluding tert-OH is 4. The first-order valence-electron chi connectivity index (χ1n) is 10.2. The summed E-state index contributed by atoms with van der Waals surface area (Å²) >= 11 is 0. The van der Waals surface area contributed by atoms with Crippen molar-refractivity contribution in [2.24, 2.45) is 0 Å². The Hall–Kier alpha value is -1.96. The van der Waals surface area contributed by atoms with Gasteiger partial charge in [0.25, 0.3) is 0 Å². The monoisotopic (exact) mass is 400 g/mol. The van der Waals surface area contributed by atoms with Gasteiger partial charge >= 0.3 is 0 Å². The number of aliphatic hydroxyl groups is 4. The van der Waals surface area contributed by atoms with Crippen LogP contribution in [0, 0.1) is 0 Å². The van der Waals surface area contributed by atoms with Gasteiger partial charge in [-0.05, 0) is 46.4 Å². The molecule has 2 aliphatic rings. The predicted molar refractivity (Wildman–Crippen MR) is 107 cm³/mol. The van der Waals surface area contributed by atoms with E-state index < -0.39 is 37.1 Å². The third-order valence-electron chi connectivity index (χ3n) is 5.93. The molecule has 156 valence electrons. The molecule has 4 rings (SSSR count). The van der Waals surface area contributed by atoms with Gasteiger partial charge in [0.15, 0.2) is 0 Å². The summed E-state index contributed by atoms with van der Waals surface area (Å²) in [7, 11) is 0. The number of hydrogen-bond acceptors (Lipinski definition) is 6. The third-order valence-corrected chi connectivity index (χ3v) is 5.93. The molecule has 0 aliphatic carbocycles. The summed E-state index contributed by atoms with van der Waals surface area (Å²) in [4.78, 5) is 0. The molecule has 0 bridgehead atoms. The van der Waals surface area contributed by atoms with E-state index in [2.05, 4.69) is 31.2 Å². The largest absolute Gasteiger partial charge is 0.493 e. The zero-order chi connectivity index (χ0) is 20.5. The molecule has 1 saturated heterocycles. The molecule has 0 spiro atoms. The first-order chi connectivity index (χ1) is 14.0. The molecule has 6 heteroatoms. The Morgan fingerprint density at radius 3 is 2.38 bits per heavy atom. The van der Waals surface area contributed by atoms with Gasteiger partial charge in [0.05, 0.1) is 13.2 Å². The first-order valence-corrected chi connectivity index (χ1v) is 10.2. The minimum absolute atomic E-state index is 0.438. The third kappa shape index (κ3) is 3.91. The first kappa shape index (κ1) is 20.3. The van der Waals surface area contributed by atoms with Gasteiger partial charge in [-0.3, -0.25) is 0 Å². The summed E-state index contributed by atoms with van der Waals surface area (Å²) in [5.41, 5.74) is 5.19. The summed E-state index contributed by atoms with van der Waals surface area (Å²) < 4.78 is 11.6. The number of aryl methyl sites for hydroxylation is 1. The molecule has 2 heterocycles. The van der Waals surface area contributed by atoms with Crippen LogP contribution >= 0.6 is 0 Å². The highest BCUT2D eigenvalue weighted by Gasteiger charge is 2.44. The summed E-state index contributed by atoms with van der Waals surface area (Å²) in [6.45, 7) is 2.29. The average Bonchev–Trinajstić information content (AvgIpc) is 3.22. The number of ether oxygens (including phenoxy) is 2. The van der Waals surface area contributed by atoms with Gasteiger partial charge in [-0.15, -0.1) is 0 Å². The molecule has 29 heavy (non-hydrogen) atoms. The molecule has 2 aliphatic heterocycles. The maximum absolute atomic E-state index is 10.5. The Balaban J connectivity index is 1.67. The second kappa shape index (κ2) is 8.42. The molecule has 2 aromatic rings. The Morgan fingerprint density at radius 2 is 1.69 bits per heavy atom. The summed E-state index contributed by atoms with van der Waals surface area (Å²) in [6, 6.07) is 12.3. The van der Waals surface area contributed by atoms with Crippen LogP contribution in [0.1, 0.15) is 40.8 Å². The van der Waals surface area contributed by atoms with E-state index >= 15 is 0 Å². The molecule has 0 radical (unpaired) electrons. The van der Waals surface area contributed by atoms with Crippen molar-refractivity contribution >= 4 is 0 Å². The van der Waals surface area contributed by atoms with E-state index in [4.69, 9.17) is 9.47 Å². The highest BCUT2D eigenvalue weighted by molar-refractivity contribution is 5.49. The highest BCUT2D eigenvalue weighted by Crippen LogP contribution is 2.38. The minimum Gasteiger partial charge on any atom is -0.493 e. The number of hydrogen-bond donors (Lipinski definition) is 4. The molecule has 0 amide bonds. The van der Waals surface area contributed by atoms with Crippen molar-refractivity contribution in [1.82, 2.24) is 0 Å². The molecule has 5 atom stereocenters. The predicted octanol–water partition coefficient (Wildman–Crippen LogP) is 1.29. The number of fused-ring (bicyclic) bond motifs is 1. The standard InChI is InChI=1S/C23H28O6/c1-2-13-3-5-14(6-4-13)9-16-11-17(10-15-7-8-28-22(15)16)23-21(27)20(26)19(25)18(12-24)29-23/h3-6,10-11,18-21,23-27H,2,7-9,12H2,1H3/t18-,19-,20+,21-,23+/m1/s1. The van der Waals surface area contributed by atoms with Crippen LogP contribution in [0.25, 0.3) is 0 Å². The van der Waals surface area contributed by atoms with Crippen LogP contribution in [-0.2, 0) is 24.0 Å². The fourth-order valence-electron chi connectivity index (χ4n) is 4.20. The fraction of sp³-hybridized carbons (Fsp3) is 0.478. The van der Waals surface area contributed by atoms with Crippen LogP contribution < -0.4 is 4.74 Å². The highest BCUT2D eigenvalue weighted by atomic mass is 16.5. The van der Waals surface area contributed by atoms with Crippen molar-refractivity contribution in [3.8, 4) is 5.75 Å². The summed E-state index contributed by atoms with van der Waals surface area (Å²) in [5.74, 6) is 0.873. The summed E-state index contributed by atoms with van der Waals surface area (Å²) in [5, 5.41) is 40.2. The van der Waals surface area contributed by atoms with Crippen LogP contribution in [0.15, 0.2) is 36.4 Å². The van der Waals surface area contributed by atoms with Crippen LogP contribution in [0.3, 0.4) is 0 Å². The van der Waals surface area contributed by atoms with E-state index in [1.54, 1.807) is 0 Å². The summed E-state index contributed by atoms with van der Waals surface area (Å²) in [6.07, 6.45) is -3.36. The average molecular weight is 400 g/mol. The quantitative estimate of drug-likeness (QED) is 0.604. The van der Waals surface area contributed by atoms with Gasteiger partial charge in [-0.25, -0.2) is 0 Å². The normalized spacial score (nSPS) is 28.8. The molecule has 1 fully saturated rings. The Labute approximate surface area is 170 Å². The van der Waals surface area contributed by atoms with Crippen molar-refractivity contribution in [1.29, 1.82) is 0 Å². The molecule has 0 unspecified atom stereocenters. The maximum Gasteiger partial charge on any atom is 0.126 e. The van der Waals surface area contributed by atoms with E-state index in [9.17, 15) is 20.4 Å². The van der Waals surface area contributed by atoms with Gasteiger partial charge in [0, 0.05) is 12.8 Å². The second-order valence-corrected chi connectivity index (χ2v) is 7.86. The Bertz CT molecular complexity index is 847. The van der Waals surface area contributed by atoms with Crippen LogP contribution in [0.5, 0.6) is 5.75 Å². The van der Waals surface area contributed by atoms with Crippen molar-refractivity contribution in [2.45, 2.75) is 56.7 Å². The van der Waals surface area contributed by atoms with E-state index in [0.29, 0.717) is 18.6 Å². The molecule has 0 aromatic heterocycles. The lowest BCUT2D eigenvalue weighted by Crippen LogP contribution is -2.55. The number of benzene rings is 2. The zero-order valence-electron chi connectivity index (χ0n) is 16.5. The molecule has 4 N–H and O–H groups in total. The van der Waals surface area contributed by atoms with Gasteiger partial charge in [0.2, 0.25) is 0 Å². The van der Waals surface area contributed by atoms with E-state index in [1.165, 1.54) is 5.56 Å². The van der Waals surface area contributed by atoms with Gasteiger partial charge < -0.3 is 29.9 Å². The maximum atomic E-state index is 10.5. The second-order valence-electron chi connectivity index (χ2n) is 7.86. The Kier molecular flexibility index (Phi) is 5.90. The van der Waals surface area contributed by atoms with E-state index in [-0.39, 0.29) is 0 Å².